The summed E-state index contributed by atoms with van der Waals surface area (Å²) < 4.78 is 24.9. The van der Waals surface area contributed by atoms with Gasteiger partial charge in [0.1, 0.15) is 6.10 Å². The Hall–Kier alpha value is -2.26. The van der Waals surface area contributed by atoms with Crippen molar-refractivity contribution in [3.63, 3.8) is 0 Å². The Morgan fingerprint density at radius 1 is 1.21 bits per heavy atom. The first-order valence-corrected chi connectivity index (χ1v) is 9.79. The number of hydrogen-bond donors (Lipinski definition) is 3. The quantitative estimate of drug-likeness (QED) is 0.291. The summed E-state index contributed by atoms with van der Waals surface area (Å²) in [6.07, 6.45) is -0.829. The van der Waals surface area contributed by atoms with Crippen LogP contribution in [0.1, 0.15) is 24.5 Å². The van der Waals surface area contributed by atoms with Crippen LogP contribution in [0.15, 0.2) is 46.9 Å². The molecule has 1 atom stereocenters. The molecule has 2 aromatic rings. The van der Waals surface area contributed by atoms with E-state index in [1.807, 2.05) is 0 Å². The van der Waals surface area contributed by atoms with Gasteiger partial charge in [-0.15, -0.1) is 0 Å². The highest BCUT2D eigenvalue weighted by Crippen LogP contribution is 2.27. The largest absolute Gasteiger partial charge is 0.505 e. The van der Waals surface area contributed by atoms with E-state index in [0.717, 1.165) is 10.5 Å². The smallest absolute Gasteiger partial charge is 0.412 e. The molecular weight excluding hydrogens is 453 g/mol. The lowest BCUT2D eigenvalue weighted by molar-refractivity contribution is -0.140. The van der Waals surface area contributed by atoms with E-state index in [2.05, 4.69) is 33.9 Å². The molecule has 1 amide bonds. The van der Waals surface area contributed by atoms with Crippen molar-refractivity contribution < 1.29 is 28.6 Å². The Balaban J connectivity index is 2.03. The van der Waals surface area contributed by atoms with Gasteiger partial charge in [-0.2, -0.15) is 12.6 Å². The Morgan fingerprint density at radius 3 is 2.57 bits per heavy atom. The van der Waals surface area contributed by atoms with E-state index in [-0.39, 0.29) is 18.8 Å². The van der Waals surface area contributed by atoms with Crippen LogP contribution in [0.3, 0.4) is 0 Å². The highest BCUT2D eigenvalue weighted by atomic mass is 79.9. The van der Waals surface area contributed by atoms with Gasteiger partial charge < -0.3 is 14.6 Å². The molecule has 0 fully saturated rings. The third-order valence-electron chi connectivity index (χ3n) is 3.69. The maximum Gasteiger partial charge on any atom is 0.412 e. The zero-order chi connectivity index (χ0) is 20.5. The average Bonchev–Trinajstić information content (AvgIpc) is 2.68. The molecule has 0 aliphatic rings. The predicted molar refractivity (Wildman–Crippen MR) is 109 cm³/mol. The van der Waals surface area contributed by atoms with Crippen molar-refractivity contribution in [1.29, 1.82) is 0 Å². The number of carbonyl (C=O) groups is 2. The number of hydrogen-bond acceptors (Lipinski definition) is 6. The number of nitrogens with one attached hydrogen (secondary N) is 1. The van der Waals surface area contributed by atoms with E-state index < -0.39 is 29.7 Å². The molecule has 0 saturated carbocycles. The summed E-state index contributed by atoms with van der Waals surface area (Å²) >= 11 is 7.12. The van der Waals surface area contributed by atoms with Crippen LogP contribution in [0.25, 0.3) is 0 Å². The molecule has 6 nitrogen and oxygen atoms in total. The first-order chi connectivity index (χ1) is 13.4. The lowest BCUT2D eigenvalue weighted by atomic mass is 10.0. The fourth-order valence-electron chi connectivity index (χ4n) is 2.33. The zero-order valence-corrected chi connectivity index (χ0v) is 17.2. The fourth-order valence-corrected chi connectivity index (χ4v) is 2.68. The van der Waals surface area contributed by atoms with Gasteiger partial charge in [-0.3, -0.25) is 10.1 Å². The number of ether oxygens (including phenoxy) is 2. The lowest BCUT2D eigenvalue weighted by Crippen LogP contribution is -2.18. The number of phenolic OH excluding ortho intramolecular Hbond substituents is 1. The normalized spacial score (nSPS) is 11.5. The molecule has 0 spiro atoms. The second-order valence-electron chi connectivity index (χ2n) is 5.76. The minimum Gasteiger partial charge on any atom is -0.505 e. The summed E-state index contributed by atoms with van der Waals surface area (Å²) in [7, 11) is 0. The second kappa shape index (κ2) is 10.9. The average molecular weight is 472 g/mol. The van der Waals surface area contributed by atoms with Crippen LogP contribution < -0.4 is 5.32 Å². The Morgan fingerprint density at radius 2 is 1.93 bits per heavy atom. The number of carbonyl (C=O) groups excluding carboxylic acids is 2. The van der Waals surface area contributed by atoms with E-state index in [9.17, 15) is 19.1 Å². The number of benzene rings is 2. The zero-order valence-electron chi connectivity index (χ0n) is 14.7. The molecule has 2 N–H and O–H groups in total. The molecule has 0 aliphatic carbocycles. The van der Waals surface area contributed by atoms with Gasteiger partial charge in [0.05, 0.1) is 12.4 Å². The molecule has 0 unspecified atom stereocenters. The number of anilines is 1. The van der Waals surface area contributed by atoms with Gasteiger partial charge in [0.15, 0.2) is 11.6 Å². The van der Waals surface area contributed by atoms with Gasteiger partial charge in [0.2, 0.25) is 0 Å². The van der Waals surface area contributed by atoms with Crippen LogP contribution in [-0.2, 0) is 14.3 Å². The van der Waals surface area contributed by atoms with Gasteiger partial charge in [-0.05, 0) is 54.8 Å². The number of amides is 1. The second-order valence-corrected chi connectivity index (χ2v) is 6.99. The Bertz CT molecular complexity index is 818. The van der Waals surface area contributed by atoms with Crippen molar-refractivity contribution in [2.24, 2.45) is 0 Å². The molecule has 0 saturated heterocycles. The standard InChI is InChI=1S/C19H19BrFNO5S/c20-13-4-6-14(7-5-13)22-19(25)27-17(2-1-9-26-18(24)11-28)12-3-8-16(23)15(21)10-12/h3-8,10,17,23,28H,1-2,9,11H2,(H,22,25)/t17-/m0/s1. The monoisotopic (exact) mass is 471 g/mol. The van der Waals surface area contributed by atoms with Crippen LogP contribution in [0.4, 0.5) is 14.9 Å². The van der Waals surface area contributed by atoms with Gasteiger partial charge in [-0.1, -0.05) is 22.0 Å². The van der Waals surface area contributed by atoms with Gasteiger partial charge in [0, 0.05) is 10.2 Å². The molecule has 150 valence electrons. The number of halogens is 2. The lowest BCUT2D eigenvalue weighted by Gasteiger charge is -2.19. The first-order valence-electron chi connectivity index (χ1n) is 8.37. The number of rotatable bonds is 8. The third-order valence-corrected chi connectivity index (χ3v) is 4.47. The van der Waals surface area contributed by atoms with E-state index >= 15 is 0 Å². The molecular formula is C19H19BrFNO5S. The predicted octanol–water partition coefficient (Wildman–Crippen LogP) is 4.84. The number of aromatic hydroxyl groups is 1. The summed E-state index contributed by atoms with van der Waals surface area (Å²) in [5, 5.41) is 12.0. The number of esters is 1. The fraction of sp³-hybridized carbons (Fsp3) is 0.263. The molecule has 2 rings (SSSR count). The Labute approximate surface area is 175 Å². The van der Waals surface area contributed by atoms with Crippen molar-refractivity contribution >= 4 is 46.3 Å². The topological polar surface area (TPSA) is 84.9 Å². The van der Waals surface area contributed by atoms with Crippen molar-refractivity contribution in [2.45, 2.75) is 18.9 Å². The summed E-state index contributed by atoms with van der Waals surface area (Å²) in [4.78, 5) is 23.4. The van der Waals surface area contributed by atoms with Crippen molar-refractivity contribution in [3.8, 4) is 5.75 Å². The van der Waals surface area contributed by atoms with Crippen LogP contribution in [0.5, 0.6) is 5.75 Å². The summed E-state index contributed by atoms with van der Waals surface area (Å²) in [5.41, 5.74) is 0.910. The molecule has 0 aliphatic heterocycles. The van der Waals surface area contributed by atoms with Crippen LogP contribution in [0.2, 0.25) is 0 Å². The van der Waals surface area contributed by atoms with Gasteiger partial charge in [-0.25, -0.2) is 9.18 Å². The van der Waals surface area contributed by atoms with Crippen LogP contribution in [0, 0.1) is 5.82 Å². The van der Waals surface area contributed by atoms with E-state index in [1.54, 1.807) is 24.3 Å². The summed E-state index contributed by atoms with van der Waals surface area (Å²) in [5.74, 6) is -1.80. The van der Waals surface area contributed by atoms with E-state index in [4.69, 9.17) is 9.47 Å². The van der Waals surface area contributed by atoms with Crippen molar-refractivity contribution in [3.05, 3.63) is 58.3 Å². The maximum absolute atomic E-state index is 13.7. The molecule has 0 aromatic heterocycles. The minimum absolute atomic E-state index is 0.0291. The van der Waals surface area contributed by atoms with E-state index in [1.165, 1.54) is 12.1 Å². The summed E-state index contributed by atoms with van der Waals surface area (Å²) in [6, 6.07) is 10.7. The SMILES string of the molecule is O=C(CS)OCCC[C@H](OC(=O)Nc1ccc(Br)cc1)c1ccc(O)c(F)c1. The van der Waals surface area contributed by atoms with Crippen LogP contribution in [-0.4, -0.2) is 29.5 Å². The Kier molecular flexibility index (Phi) is 8.59. The first kappa shape index (κ1) is 22.0. The van der Waals surface area contributed by atoms with Crippen LogP contribution >= 0.6 is 28.6 Å². The summed E-state index contributed by atoms with van der Waals surface area (Å²) in [6.45, 7) is 0.119. The van der Waals surface area contributed by atoms with Gasteiger partial charge >= 0.3 is 12.1 Å². The molecule has 9 heteroatoms. The molecule has 0 radical (unpaired) electrons. The minimum atomic E-state index is -0.819. The molecule has 0 bridgehead atoms. The number of phenols is 1. The van der Waals surface area contributed by atoms with Crippen molar-refractivity contribution in [2.75, 3.05) is 17.7 Å². The number of thiol groups is 1. The molecule has 2 aromatic carbocycles. The highest BCUT2D eigenvalue weighted by molar-refractivity contribution is 9.10. The third kappa shape index (κ3) is 7.05. The highest BCUT2D eigenvalue weighted by Gasteiger charge is 2.19. The van der Waals surface area contributed by atoms with Gasteiger partial charge in [0.25, 0.3) is 0 Å². The van der Waals surface area contributed by atoms with E-state index in [0.29, 0.717) is 17.7 Å². The maximum atomic E-state index is 13.7. The molecule has 28 heavy (non-hydrogen) atoms. The van der Waals surface area contributed by atoms with Crippen molar-refractivity contribution in [1.82, 2.24) is 0 Å². The molecule has 0 heterocycles.